The summed E-state index contributed by atoms with van der Waals surface area (Å²) in [4.78, 5) is 33.3. The summed E-state index contributed by atoms with van der Waals surface area (Å²) in [6, 6.07) is 10.9. The monoisotopic (exact) mass is 421 g/mol. The standard InChI is InChI=1S/C20H19N7O2S/c28-18-10-9-17(26-12-21-11-22-26)25-27(18)14-7-5-13(6-8-14)23-19(29)20-24-15-3-1-2-4-16(15)30-20/h1-4,9-14H,5-8H2,(H,23,29). The number of rotatable bonds is 4. The zero-order chi connectivity index (χ0) is 20.5. The zero-order valence-electron chi connectivity index (χ0n) is 16.0. The molecular formula is C20H19N7O2S. The molecule has 0 aliphatic heterocycles. The largest absolute Gasteiger partial charge is 0.347 e. The number of carbonyl (C=O) groups excluding carboxylic acids is 1. The number of para-hydroxylation sites is 1. The van der Waals surface area contributed by atoms with Crippen molar-refractivity contribution in [2.24, 2.45) is 0 Å². The molecule has 1 saturated carbocycles. The first-order valence-corrected chi connectivity index (χ1v) is 10.6. The maximum absolute atomic E-state index is 12.6. The number of nitrogens with zero attached hydrogens (tertiary/aromatic N) is 6. The van der Waals surface area contributed by atoms with E-state index in [1.807, 2.05) is 24.3 Å². The minimum absolute atomic E-state index is 0.00317. The van der Waals surface area contributed by atoms with Crippen molar-refractivity contribution in [3.8, 4) is 5.82 Å². The Hall–Kier alpha value is -3.40. The molecule has 1 fully saturated rings. The van der Waals surface area contributed by atoms with Crippen LogP contribution < -0.4 is 10.9 Å². The number of thiazole rings is 1. The van der Waals surface area contributed by atoms with E-state index in [2.05, 4.69) is 25.5 Å². The smallest absolute Gasteiger partial charge is 0.280 e. The summed E-state index contributed by atoms with van der Waals surface area (Å²) in [5.74, 6) is 0.418. The Morgan fingerprint density at radius 1 is 1.10 bits per heavy atom. The van der Waals surface area contributed by atoms with Crippen molar-refractivity contribution in [3.05, 3.63) is 64.4 Å². The number of hydrogen-bond donors (Lipinski definition) is 1. The van der Waals surface area contributed by atoms with E-state index in [4.69, 9.17) is 0 Å². The molecular weight excluding hydrogens is 402 g/mol. The van der Waals surface area contributed by atoms with Gasteiger partial charge in [-0.1, -0.05) is 12.1 Å². The van der Waals surface area contributed by atoms with E-state index in [9.17, 15) is 9.59 Å². The predicted molar refractivity (Wildman–Crippen MR) is 112 cm³/mol. The van der Waals surface area contributed by atoms with Gasteiger partial charge in [0.1, 0.15) is 12.7 Å². The molecule has 0 unspecified atom stereocenters. The molecule has 0 bridgehead atoms. The van der Waals surface area contributed by atoms with E-state index in [1.54, 1.807) is 12.4 Å². The molecule has 3 aromatic heterocycles. The number of fused-ring (bicyclic) bond motifs is 1. The highest BCUT2D eigenvalue weighted by atomic mass is 32.1. The van der Waals surface area contributed by atoms with Crippen LogP contribution in [0.4, 0.5) is 0 Å². The van der Waals surface area contributed by atoms with E-state index < -0.39 is 0 Å². The van der Waals surface area contributed by atoms with Gasteiger partial charge in [0.2, 0.25) is 0 Å². The second-order valence-electron chi connectivity index (χ2n) is 7.28. The summed E-state index contributed by atoms with van der Waals surface area (Å²) in [5.41, 5.74) is 0.704. The Labute approximate surface area is 175 Å². The molecule has 1 aliphatic carbocycles. The number of benzene rings is 1. The Morgan fingerprint density at radius 3 is 2.70 bits per heavy atom. The van der Waals surface area contributed by atoms with Crippen LogP contribution in [0.5, 0.6) is 0 Å². The van der Waals surface area contributed by atoms with Gasteiger partial charge < -0.3 is 5.32 Å². The molecule has 152 valence electrons. The van der Waals surface area contributed by atoms with E-state index >= 15 is 0 Å². The van der Waals surface area contributed by atoms with Gasteiger partial charge in [-0.2, -0.15) is 5.10 Å². The average Bonchev–Trinajstić information content (AvgIpc) is 3.45. The molecule has 10 heteroatoms. The number of aromatic nitrogens is 6. The molecule has 0 saturated heterocycles. The fraction of sp³-hybridized carbons (Fsp3) is 0.300. The lowest BCUT2D eigenvalue weighted by molar-refractivity contribution is 0.0921. The van der Waals surface area contributed by atoms with E-state index in [0.717, 1.165) is 35.9 Å². The topological polar surface area (TPSA) is 108 Å². The number of hydrogen-bond acceptors (Lipinski definition) is 7. The lowest BCUT2D eigenvalue weighted by Crippen LogP contribution is -2.39. The van der Waals surface area contributed by atoms with Crippen LogP contribution in [0.1, 0.15) is 41.5 Å². The zero-order valence-corrected chi connectivity index (χ0v) is 16.8. The summed E-state index contributed by atoms with van der Waals surface area (Å²) < 4.78 is 4.06. The SMILES string of the molecule is O=C(NC1CCC(n2nc(-n3cncn3)ccc2=O)CC1)c1nc2ccccc2s1. The van der Waals surface area contributed by atoms with Crippen LogP contribution in [0.2, 0.25) is 0 Å². The molecule has 9 nitrogen and oxygen atoms in total. The maximum atomic E-state index is 12.6. The first kappa shape index (κ1) is 18.6. The van der Waals surface area contributed by atoms with Crippen molar-refractivity contribution < 1.29 is 4.79 Å². The van der Waals surface area contributed by atoms with Gasteiger partial charge in [-0.25, -0.2) is 19.3 Å². The average molecular weight is 421 g/mol. The Morgan fingerprint density at radius 2 is 1.93 bits per heavy atom. The molecule has 5 rings (SSSR count). The van der Waals surface area contributed by atoms with Gasteiger partial charge in [0.15, 0.2) is 10.8 Å². The normalized spacial score (nSPS) is 19.1. The highest BCUT2D eigenvalue weighted by Crippen LogP contribution is 2.28. The van der Waals surface area contributed by atoms with Crippen molar-refractivity contribution >= 4 is 27.5 Å². The summed E-state index contributed by atoms with van der Waals surface area (Å²) in [6.45, 7) is 0. The molecule has 30 heavy (non-hydrogen) atoms. The lowest BCUT2D eigenvalue weighted by Gasteiger charge is -2.29. The number of nitrogens with one attached hydrogen (secondary N) is 1. The van der Waals surface area contributed by atoms with Crippen molar-refractivity contribution in [3.63, 3.8) is 0 Å². The minimum atomic E-state index is -0.138. The molecule has 0 radical (unpaired) electrons. The third kappa shape index (κ3) is 3.61. The second kappa shape index (κ2) is 7.79. The van der Waals surface area contributed by atoms with Gasteiger partial charge in [-0.15, -0.1) is 16.4 Å². The third-order valence-electron chi connectivity index (χ3n) is 5.33. The number of amides is 1. The van der Waals surface area contributed by atoms with Crippen LogP contribution in [0.3, 0.4) is 0 Å². The van der Waals surface area contributed by atoms with Gasteiger partial charge in [-0.05, 0) is 43.9 Å². The summed E-state index contributed by atoms with van der Waals surface area (Å²) in [5, 5.41) is 12.1. The van der Waals surface area contributed by atoms with E-state index in [1.165, 1.54) is 33.1 Å². The highest BCUT2D eigenvalue weighted by molar-refractivity contribution is 7.20. The summed E-state index contributed by atoms with van der Waals surface area (Å²) in [6.07, 6.45) is 6.06. The maximum Gasteiger partial charge on any atom is 0.280 e. The van der Waals surface area contributed by atoms with Crippen LogP contribution in [0, 0.1) is 0 Å². The molecule has 4 aromatic rings. The second-order valence-corrected chi connectivity index (χ2v) is 8.31. The van der Waals surface area contributed by atoms with Gasteiger partial charge >= 0.3 is 0 Å². The summed E-state index contributed by atoms with van der Waals surface area (Å²) in [7, 11) is 0. The van der Waals surface area contributed by atoms with Gasteiger partial charge in [0.25, 0.3) is 11.5 Å². The van der Waals surface area contributed by atoms with E-state index in [-0.39, 0.29) is 23.6 Å². The van der Waals surface area contributed by atoms with Gasteiger partial charge in [-0.3, -0.25) is 9.59 Å². The molecule has 1 amide bonds. The molecule has 0 atom stereocenters. The third-order valence-corrected chi connectivity index (χ3v) is 6.37. The van der Waals surface area contributed by atoms with Crippen LogP contribution in [0.15, 0.2) is 53.8 Å². The van der Waals surface area contributed by atoms with Crippen molar-refractivity contribution in [1.29, 1.82) is 0 Å². The Balaban J connectivity index is 1.25. The van der Waals surface area contributed by atoms with Crippen LogP contribution in [-0.4, -0.2) is 41.5 Å². The highest BCUT2D eigenvalue weighted by Gasteiger charge is 2.26. The van der Waals surface area contributed by atoms with Crippen LogP contribution in [0.25, 0.3) is 16.0 Å². The van der Waals surface area contributed by atoms with Gasteiger partial charge in [0.05, 0.1) is 16.3 Å². The van der Waals surface area contributed by atoms with Crippen molar-refractivity contribution in [2.75, 3.05) is 0 Å². The van der Waals surface area contributed by atoms with Gasteiger partial charge in [0, 0.05) is 12.1 Å². The minimum Gasteiger partial charge on any atom is -0.347 e. The fourth-order valence-corrected chi connectivity index (χ4v) is 4.68. The van der Waals surface area contributed by atoms with Crippen LogP contribution in [-0.2, 0) is 0 Å². The summed E-state index contributed by atoms with van der Waals surface area (Å²) >= 11 is 1.40. The first-order valence-electron chi connectivity index (χ1n) is 9.79. The molecule has 1 aromatic carbocycles. The molecule has 1 N–H and O–H groups in total. The van der Waals surface area contributed by atoms with Crippen molar-refractivity contribution in [2.45, 2.75) is 37.8 Å². The van der Waals surface area contributed by atoms with E-state index in [0.29, 0.717) is 10.8 Å². The number of carbonyl (C=O) groups is 1. The predicted octanol–water partition coefficient (Wildman–Crippen LogP) is 2.35. The first-order chi connectivity index (χ1) is 14.7. The Kier molecular flexibility index (Phi) is 4.83. The molecule has 1 aliphatic rings. The Bertz CT molecular complexity index is 1210. The van der Waals surface area contributed by atoms with Crippen molar-refractivity contribution in [1.82, 2.24) is 34.8 Å². The molecule has 0 spiro atoms. The lowest BCUT2D eigenvalue weighted by atomic mass is 9.91. The molecule has 3 heterocycles. The van der Waals surface area contributed by atoms with Crippen LogP contribution >= 0.6 is 11.3 Å². The quantitative estimate of drug-likeness (QED) is 0.542. The fourth-order valence-electron chi connectivity index (χ4n) is 3.81.